The lowest BCUT2D eigenvalue weighted by atomic mass is 9.73. The summed E-state index contributed by atoms with van der Waals surface area (Å²) in [5, 5.41) is 16.6. The molecule has 248 valence electrons. The molecule has 0 aromatic carbocycles. The number of amides is 3. The number of rotatable bonds is 8. The van der Waals surface area contributed by atoms with Crippen molar-refractivity contribution in [3.05, 3.63) is 0 Å². The molecule has 5 atom stereocenters. The highest BCUT2D eigenvalue weighted by Crippen LogP contribution is 2.88. The van der Waals surface area contributed by atoms with E-state index in [1.54, 1.807) is 4.90 Å². The van der Waals surface area contributed by atoms with E-state index in [-0.39, 0.29) is 52.0 Å². The Bertz CT molecular complexity index is 1130. The third-order valence-corrected chi connectivity index (χ3v) is 13.0. The minimum atomic E-state index is -0.971. The normalized spacial score (nSPS) is 31.4. The van der Waals surface area contributed by atoms with Gasteiger partial charge >= 0.3 is 5.97 Å². The zero-order valence-corrected chi connectivity index (χ0v) is 28.3. The Morgan fingerprint density at radius 2 is 1.48 bits per heavy atom. The summed E-state index contributed by atoms with van der Waals surface area (Å²) in [6.07, 6.45) is 11.5. The van der Waals surface area contributed by atoms with E-state index in [9.17, 15) is 24.3 Å². The van der Waals surface area contributed by atoms with Gasteiger partial charge in [-0.05, 0) is 87.5 Å². The lowest BCUT2D eigenvalue weighted by Crippen LogP contribution is -2.62. The Morgan fingerprint density at radius 1 is 0.841 bits per heavy atom. The van der Waals surface area contributed by atoms with Gasteiger partial charge in [0.2, 0.25) is 17.7 Å². The quantitative estimate of drug-likeness (QED) is 0.364. The van der Waals surface area contributed by atoms with E-state index in [0.717, 1.165) is 77.2 Å². The van der Waals surface area contributed by atoms with Crippen molar-refractivity contribution in [2.24, 2.45) is 27.6 Å². The van der Waals surface area contributed by atoms with Gasteiger partial charge in [-0.15, -0.1) is 0 Å². The third-order valence-electron chi connectivity index (χ3n) is 13.0. The predicted octanol–water partition coefficient (Wildman–Crippen LogP) is 4.73. The first-order chi connectivity index (χ1) is 20.6. The maximum Gasteiger partial charge on any atom is 0.326 e. The molecule has 9 nitrogen and oxygen atoms in total. The first-order valence-electron chi connectivity index (χ1n) is 17.5. The van der Waals surface area contributed by atoms with Crippen molar-refractivity contribution in [1.29, 1.82) is 0 Å². The number of carboxylic acids is 1. The van der Waals surface area contributed by atoms with Crippen molar-refractivity contribution in [2.45, 2.75) is 156 Å². The molecule has 2 heterocycles. The molecule has 0 aromatic heterocycles. The second kappa shape index (κ2) is 11.9. The SMILES string of the molecule is CC(C)N1CCCC[C@H]1C(=O)NC(C(=O)N[C@H](C(=O)N1CC2(CC1C(=O)O)C(C)(C)C21CCC1)C(C)(C)C)C1CCCCC1. The molecule has 0 aromatic rings. The van der Waals surface area contributed by atoms with Gasteiger partial charge in [-0.3, -0.25) is 19.3 Å². The summed E-state index contributed by atoms with van der Waals surface area (Å²) >= 11 is 0. The van der Waals surface area contributed by atoms with Gasteiger partial charge in [0.1, 0.15) is 18.1 Å². The molecule has 0 radical (unpaired) electrons. The second-order valence-electron chi connectivity index (χ2n) is 16.7. The van der Waals surface area contributed by atoms with Crippen LogP contribution in [0.2, 0.25) is 0 Å². The van der Waals surface area contributed by atoms with Crippen molar-refractivity contribution in [3.63, 3.8) is 0 Å². The minimum Gasteiger partial charge on any atom is -0.480 e. The van der Waals surface area contributed by atoms with E-state index in [1.165, 1.54) is 0 Å². The average molecular weight is 615 g/mol. The topological polar surface area (TPSA) is 119 Å². The number of nitrogens with one attached hydrogen (secondary N) is 2. The van der Waals surface area contributed by atoms with Crippen molar-refractivity contribution >= 4 is 23.7 Å². The highest BCUT2D eigenvalue weighted by Gasteiger charge is 2.85. The van der Waals surface area contributed by atoms with Gasteiger partial charge in [-0.2, -0.15) is 0 Å². The Balaban J connectivity index is 1.37. The number of nitrogens with zero attached hydrogens (tertiary/aromatic N) is 2. The van der Waals surface area contributed by atoms with E-state index in [1.807, 2.05) is 20.8 Å². The molecule has 2 spiro atoms. The number of piperidine rings is 1. The number of aliphatic carboxylic acids is 1. The first kappa shape index (κ1) is 33.2. The van der Waals surface area contributed by atoms with Gasteiger partial charge in [-0.25, -0.2) is 4.79 Å². The van der Waals surface area contributed by atoms with Crippen LogP contribution in [-0.4, -0.2) is 81.9 Å². The standard InChI is InChI=1S/C35H58N4O5/c1-22(2)38-19-12-11-16-24(38)28(40)36-26(23-14-9-8-10-15-23)29(41)37-27(32(3,4)5)30(42)39-21-35(20-25(39)31(43)44)33(6,7)34(35)17-13-18-34/h22-27H,8-21H2,1-7H3,(H,36,40)(H,37,41)(H,43,44)/t24-,25?,26?,27+,35?/m0/s1. The monoisotopic (exact) mass is 614 g/mol. The zero-order chi connectivity index (χ0) is 32.2. The molecule has 5 rings (SSSR count). The molecule has 3 saturated carbocycles. The molecule has 2 aliphatic heterocycles. The van der Waals surface area contributed by atoms with Crippen LogP contribution in [0.1, 0.15) is 126 Å². The van der Waals surface area contributed by atoms with Gasteiger partial charge in [0.25, 0.3) is 0 Å². The molecule has 3 aliphatic carbocycles. The fourth-order valence-corrected chi connectivity index (χ4v) is 10.1. The molecule has 3 unspecified atom stereocenters. The minimum absolute atomic E-state index is 0.00655. The Hall–Kier alpha value is -2.16. The van der Waals surface area contributed by atoms with Crippen LogP contribution in [0.15, 0.2) is 0 Å². The average Bonchev–Trinajstić information content (AvgIpc) is 3.18. The Kier molecular flexibility index (Phi) is 8.97. The molecule has 5 fully saturated rings. The van der Waals surface area contributed by atoms with Gasteiger partial charge in [0.15, 0.2) is 0 Å². The van der Waals surface area contributed by atoms with Crippen LogP contribution < -0.4 is 10.6 Å². The summed E-state index contributed by atoms with van der Waals surface area (Å²) in [7, 11) is 0. The van der Waals surface area contributed by atoms with Crippen LogP contribution in [0.5, 0.6) is 0 Å². The van der Waals surface area contributed by atoms with Crippen LogP contribution in [0, 0.1) is 27.6 Å². The Morgan fingerprint density at radius 3 is 2.00 bits per heavy atom. The fraction of sp³-hybridized carbons (Fsp3) is 0.886. The maximum absolute atomic E-state index is 14.4. The number of hydrogen-bond donors (Lipinski definition) is 3. The summed E-state index contributed by atoms with van der Waals surface area (Å²) < 4.78 is 0. The van der Waals surface area contributed by atoms with Crippen molar-refractivity contribution in [1.82, 2.24) is 20.4 Å². The maximum atomic E-state index is 14.4. The van der Waals surface area contributed by atoms with Crippen LogP contribution in [-0.2, 0) is 19.2 Å². The molecule has 3 N–H and O–H groups in total. The summed E-state index contributed by atoms with van der Waals surface area (Å²) in [6, 6.07) is -2.56. The molecule has 5 aliphatic rings. The molecule has 2 saturated heterocycles. The second-order valence-corrected chi connectivity index (χ2v) is 16.7. The lowest BCUT2D eigenvalue weighted by molar-refractivity contribution is -0.151. The summed E-state index contributed by atoms with van der Waals surface area (Å²) in [5.74, 6) is -1.71. The molecular weight excluding hydrogens is 556 g/mol. The lowest BCUT2D eigenvalue weighted by Gasteiger charge is -2.40. The predicted molar refractivity (Wildman–Crippen MR) is 170 cm³/mol. The smallest absolute Gasteiger partial charge is 0.326 e. The van der Waals surface area contributed by atoms with Crippen molar-refractivity contribution in [2.75, 3.05) is 13.1 Å². The van der Waals surface area contributed by atoms with E-state index in [0.29, 0.717) is 13.0 Å². The van der Waals surface area contributed by atoms with E-state index >= 15 is 0 Å². The fourth-order valence-electron chi connectivity index (χ4n) is 10.1. The molecule has 9 heteroatoms. The van der Waals surface area contributed by atoms with Gasteiger partial charge < -0.3 is 20.6 Å². The molecular formula is C35H58N4O5. The van der Waals surface area contributed by atoms with Gasteiger partial charge in [-0.1, -0.05) is 66.7 Å². The number of carboxylic acid groups (broad SMARTS) is 1. The van der Waals surface area contributed by atoms with Crippen molar-refractivity contribution in [3.8, 4) is 0 Å². The summed E-state index contributed by atoms with van der Waals surface area (Å²) in [6.45, 7) is 15.8. The summed E-state index contributed by atoms with van der Waals surface area (Å²) in [5.41, 5.74) is -0.745. The van der Waals surface area contributed by atoms with Crippen LogP contribution in [0.3, 0.4) is 0 Å². The van der Waals surface area contributed by atoms with Gasteiger partial charge in [0.05, 0.1) is 6.04 Å². The largest absolute Gasteiger partial charge is 0.480 e. The van der Waals surface area contributed by atoms with Crippen molar-refractivity contribution < 1.29 is 24.3 Å². The number of carbonyl (C=O) groups is 4. The van der Waals surface area contributed by atoms with E-state index in [2.05, 4.69) is 43.2 Å². The highest BCUT2D eigenvalue weighted by molar-refractivity contribution is 5.95. The van der Waals surface area contributed by atoms with Crippen LogP contribution >= 0.6 is 0 Å². The number of carbonyl (C=O) groups excluding carboxylic acids is 3. The number of likely N-dealkylation sites (tertiary alicyclic amines) is 2. The molecule has 0 bridgehead atoms. The van der Waals surface area contributed by atoms with E-state index < -0.39 is 29.5 Å². The number of hydrogen-bond acceptors (Lipinski definition) is 5. The molecule has 44 heavy (non-hydrogen) atoms. The Labute approximate surface area is 264 Å². The molecule has 3 amide bonds. The van der Waals surface area contributed by atoms with Crippen LogP contribution in [0.4, 0.5) is 0 Å². The van der Waals surface area contributed by atoms with E-state index in [4.69, 9.17) is 0 Å². The first-order valence-corrected chi connectivity index (χ1v) is 17.5. The summed E-state index contributed by atoms with van der Waals surface area (Å²) in [4.78, 5) is 58.8. The van der Waals surface area contributed by atoms with Crippen LogP contribution in [0.25, 0.3) is 0 Å². The zero-order valence-electron chi connectivity index (χ0n) is 28.3. The third kappa shape index (κ3) is 5.37. The number of fused-ring (bicyclic) bond motifs is 1. The van der Waals surface area contributed by atoms with Gasteiger partial charge in [0, 0.05) is 18.0 Å². The highest BCUT2D eigenvalue weighted by atomic mass is 16.4.